The molecule has 1 aromatic carbocycles. The third kappa shape index (κ3) is 6.77. The van der Waals surface area contributed by atoms with Crippen molar-refractivity contribution < 1.29 is 23.9 Å². The molecule has 0 aliphatic heterocycles. The van der Waals surface area contributed by atoms with Crippen LogP contribution in [0.3, 0.4) is 0 Å². The number of imide groups is 1. The summed E-state index contributed by atoms with van der Waals surface area (Å²) in [6, 6.07) is 7.07. The fourth-order valence-electron chi connectivity index (χ4n) is 1.89. The molecule has 0 atom stereocenters. The lowest BCUT2D eigenvalue weighted by Crippen LogP contribution is -2.42. The Morgan fingerprint density at radius 1 is 1.19 bits per heavy atom. The molecule has 0 aliphatic carbocycles. The molecule has 0 radical (unpaired) electrons. The number of carbonyl (C=O) groups is 3. The summed E-state index contributed by atoms with van der Waals surface area (Å²) in [4.78, 5) is 38.8. The average molecular weight is 379 g/mol. The lowest BCUT2D eigenvalue weighted by atomic mass is 10.2. The van der Waals surface area contributed by atoms with E-state index in [1.54, 1.807) is 0 Å². The summed E-state index contributed by atoms with van der Waals surface area (Å²) in [6.07, 6.45) is 0. The molecule has 3 amide bonds. The maximum absolute atomic E-state index is 11.6. The van der Waals surface area contributed by atoms with Crippen LogP contribution in [0.2, 0.25) is 0 Å². The van der Waals surface area contributed by atoms with Gasteiger partial charge in [0.2, 0.25) is 0 Å². The van der Waals surface area contributed by atoms with E-state index in [1.807, 2.05) is 38.1 Å². The maximum atomic E-state index is 11.6. The molecule has 1 heterocycles. The van der Waals surface area contributed by atoms with Crippen molar-refractivity contribution in [2.45, 2.75) is 20.5 Å². The second-order valence-corrected chi connectivity index (χ2v) is 7.00. The number of fused-ring (bicyclic) bond motifs is 1. The molecule has 2 rings (SSSR count). The van der Waals surface area contributed by atoms with E-state index < -0.39 is 24.5 Å². The van der Waals surface area contributed by atoms with E-state index in [-0.39, 0.29) is 19.1 Å². The number of hydrogen-bond acceptors (Lipinski definition) is 7. The number of thiazole rings is 1. The van der Waals surface area contributed by atoms with Gasteiger partial charge in [0, 0.05) is 6.54 Å². The number of nitrogens with zero attached hydrogens (tertiary/aromatic N) is 1. The second kappa shape index (κ2) is 9.83. The van der Waals surface area contributed by atoms with Crippen LogP contribution in [0.4, 0.5) is 4.79 Å². The topological polar surface area (TPSA) is 107 Å². The molecule has 26 heavy (non-hydrogen) atoms. The normalized spacial score (nSPS) is 10.7. The molecule has 140 valence electrons. The predicted octanol–water partition coefficient (Wildman–Crippen LogP) is 1.84. The van der Waals surface area contributed by atoms with E-state index in [0.29, 0.717) is 6.54 Å². The third-order valence-corrected chi connectivity index (χ3v) is 4.08. The molecule has 0 spiro atoms. The molecule has 0 fully saturated rings. The molecule has 9 heteroatoms. The van der Waals surface area contributed by atoms with Crippen LogP contribution in [0.5, 0.6) is 0 Å². The van der Waals surface area contributed by atoms with Gasteiger partial charge >= 0.3 is 12.0 Å². The van der Waals surface area contributed by atoms with Gasteiger partial charge in [-0.15, -0.1) is 11.3 Å². The largest absolute Gasteiger partial charge is 0.454 e. The van der Waals surface area contributed by atoms with Gasteiger partial charge in [-0.1, -0.05) is 26.0 Å². The highest BCUT2D eigenvalue weighted by Gasteiger charge is 2.12. The summed E-state index contributed by atoms with van der Waals surface area (Å²) in [6.45, 7) is 3.63. The fourth-order valence-corrected chi connectivity index (χ4v) is 2.80. The van der Waals surface area contributed by atoms with Gasteiger partial charge in [-0.3, -0.25) is 10.1 Å². The predicted molar refractivity (Wildman–Crippen MR) is 96.6 cm³/mol. The number of amides is 3. The number of ether oxygens (including phenoxy) is 2. The van der Waals surface area contributed by atoms with Crippen LogP contribution < -0.4 is 10.6 Å². The van der Waals surface area contributed by atoms with Crippen LogP contribution in [-0.4, -0.2) is 42.7 Å². The molecular weight excluding hydrogens is 358 g/mol. The van der Waals surface area contributed by atoms with Crippen molar-refractivity contribution >= 4 is 39.5 Å². The number of para-hydroxylation sites is 1. The fraction of sp³-hybridized carbons (Fsp3) is 0.412. The zero-order valence-electron chi connectivity index (χ0n) is 14.6. The molecule has 0 aliphatic rings. The molecule has 0 saturated carbocycles. The highest BCUT2D eigenvalue weighted by atomic mass is 32.1. The summed E-state index contributed by atoms with van der Waals surface area (Å²) in [5.74, 6) is -1.13. The van der Waals surface area contributed by atoms with Crippen LogP contribution in [0.15, 0.2) is 24.3 Å². The van der Waals surface area contributed by atoms with E-state index in [0.717, 1.165) is 15.2 Å². The molecule has 0 bridgehead atoms. The van der Waals surface area contributed by atoms with Crippen LogP contribution >= 0.6 is 11.3 Å². The Balaban J connectivity index is 1.62. The highest BCUT2D eigenvalue weighted by Crippen LogP contribution is 2.21. The molecule has 0 saturated heterocycles. The van der Waals surface area contributed by atoms with Crippen molar-refractivity contribution in [1.82, 2.24) is 15.6 Å². The van der Waals surface area contributed by atoms with Crippen LogP contribution in [-0.2, 0) is 25.7 Å². The first kappa shape index (κ1) is 19.8. The monoisotopic (exact) mass is 379 g/mol. The first-order chi connectivity index (χ1) is 12.4. The Morgan fingerprint density at radius 2 is 1.96 bits per heavy atom. The average Bonchev–Trinajstić information content (AvgIpc) is 3.01. The Hall–Kier alpha value is -2.52. The highest BCUT2D eigenvalue weighted by molar-refractivity contribution is 7.18. The van der Waals surface area contributed by atoms with Crippen molar-refractivity contribution in [1.29, 1.82) is 0 Å². The lowest BCUT2D eigenvalue weighted by Gasteiger charge is -2.09. The Kier molecular flexibility index (Phi) is 7.49. The van der Waals surface area contributed by atoms with Gasteiger partial charge in [-0.25, -0.2) is 14.6 Å². The van der Waals surface area contributed by atoms with E-state index in [4.69, 9.17) is 9.47 Å². The van der Waals surface area contributed by atoms with E-state index in [1.165, 1.54) is 11.3 Å². The molecule has 2 N–H and O–H groups in total. The number of hydrogen-bond donors (Lipinski definition) is 2. The molecule has 0 unspecified atom stereocenters. The summed E-state index contributed by atoms with van der Waals surface area (Å²) in [5.41, 5.74) is 0.881. The number of esters is 1. The van der Waals surface area contributed by atoms with Crippen molar-refractivity contribution in [3.8, 4) is 0 Å². The summed E-state index contributed by atoms with van der Waals surface area (Å²) in [7, 11) is 0. The van der Waals surface area contributed by atoms with Crippen molar-refractivity contribution in [3.63, 3.8) is 0 Å². The summed E-state index contributed by atoms with van der Waals surface area (Å²) >= 11 is 1.48. The SMILES string of the molecule is CC(C)CNC(=O)NC(=O)COC(=O)COCc1nc2ccccc2s1. The Bertz CT molecular complexity index is 742. The number of nitrogens with one attached hydrogen (secondary N) is 2. The summed E-state index contributed by atoms with van der Waals surface area (Å²) < 4.78 is 11.0. The zero-order chi connectivity index (χ0) is 18.9. The zero-order valence-corrected chi connectivity index (χ0v) is 15.4. The van der Waals surface area contributed by atoms with E-state index >= 15 is 0 Å². The molecule has 8 nitrogen and oxygen atoms in total. The molecule has 2 aromatic rings. The van der Waals surface area contributed by atoms with E-state index in [2.05, 4.69) is 15.6 Å². The van der Waals surface area contributed by atoms with Gasteiger partial charge < -0.3 is 14.8 Å². The number of carbonyl (C=O) groups excluding carboxylic acids is 3. The van der Waals surface area contributed by atoms with Crippen molar-refractivity contribution in [2.75, 3.05) is 19.8 Å². The minimum absolute atomic E-state index is 0.179. The van der Waals surface area contributed by atoms with Crippen LogP contribution in [0, 0.1) is 5.92 Å². The molecular formula is C17H21N3O5S. The Morgan fingerprint density at radius 3 is 2.69 bits per heavy atom. The minimum atomic E-state index is -0.703. The molecule has 1 aromatic heterocycles. The first-order valence-electron chi connectivity index (χ1n) is 8.09. The van der Waals surface area contributed by atoms with Gasteiger partial charge in [0.1, 0.15) is 11.6 Å². The Labute approximate surface area is 154 Å². The van der Waals surface area contributed by atoms with Gasteiger partial charge in [0.25, 0.3) is 5.91 Å². The van der Waals surface area contributed by atoms with Crippen LogP contribution in [0.1, 0.15) is 18.9 Å². The quantitative estimate of drug-likeness (QED) is 0.678. The van der Waals surface area contributed by atoms with Gasteiger partial charge in [-0.05, 0) is 18.1 Å². The van der Waals surface area contributed by atoms with Gasteiger partial charge in [-0.2, -0.15) is 0 Å². The number of urea groups is 1. The number of aromatic nitrogens is 1. The third-order valence-electron chi connectivity index (χ3n) is 3.07. The summed E-state index contributed by atoms with van der Waals surface area (Å²) in [5, 5.41) is 5.34. The maximum Gasteiger partial charge on any atom is 0.332 e. The van der Waals surface area contributed by atoms with Gasteiger partial charge in [0.05, 0.1) is 16.8 Å². The standard InChI is InChI=1S/C17H21N3O5S/c1-11(2)7-18-17(23)20-14(21)8-25-16(22)10-24-9-15-19-12-5-3-4-6-13(12)26-15/h3-6,11H,7-10H2,1-2H3,(H2,18,20,21,23). The van der Waals surface area contributed by atoms with E-state index in [9.17, 15) is 14.4 Å². The van der Waals surface area contributed by atoms with Gasteiger partial charge in [0.15, 0.2) is 6.61 Å². The first-order valence-corrected chi connectivity index (χ1v) is 8.91. The second-order valence-electron chi connectivity index (χ2n) is 5.88. The van der Waals surface area contributed by atoms with Crippen molar-refractivity contribution in [2.24, 2.45) is 5.92 Å². The van der Waals surface area contributed by atoms with Crippen LogP contribution in [0.25, 0.3) is 10.2 Å². The van der Waals surface area contributed by atoms with Crippen molar-refractivity contribution in [3.05, 3.63) is 29.3 Å². The number of benzene rings is 1. The smallest absolute Gasteiger partial charge is 0.332 e. The minimum Gasteiger partial charge on any atom is -0.454 e. The number of rotatable bonds is 8. The lowest BCUT2D eigenvalue weighted by molar-refractivity contribution is -0.153.